The lowest BCUT2D eigenvalue weighted by Crippen LogP contribution is -2.31. The fourth-order valence-corrected chi connectivity index (χ4v) is 5.02. The molecule has 1 amide bonds. The number of nitrogens with zero attached hydrogens (tertiary/aromatic N) is 2. The molecule has 0 atom stereocenters. The van der Waals surface area contributed by atoms with E-state index in [-0.39, 0.29) is 5.91 Å². The van der Waals surface area contributed by atoms with Crippen molar-refractivity contribution < 1.29 is 4.79 Å². The number of amides is 1. The van der Waals surface area contributed by atoms with Gasteiger partial charge in [0.15, 0.2) is 0 Å². The number of carbonyl (C=O) groups is 1. The molecule has 3 nitrogen and oxygen atoms in total. The molecule has 0 aliphatic rings. The fourth-order valence-electron chi connectivity index (χ4n) is 3.30. The number of aromatic nitrogens is 1. The van der Waals surface area contributed by atoms with Crippen LogP contribution >= 0.6 is 46.1 Å². The van der Waals surface area contributed by atoms with Gasteiger partial charge in [-0.1, -0.05) is 53.4 Å². The number of hydrogen-bond acceptors (Lipinski definition) is 3. The van der Waals surface area contributed by atoms with Gasteiger partial charge in [-0.3, -0.25) is 4.79 Å². The van der Waals surface area contributed by atoms with E-state index in [1.54, 1.807) is 17.0 Å². The van der Waals surface area contributed by atoms with Crippen LogP contribution < -0.4 is 4.90 Å². The summed E-state index contributed by atoms with van der Waals surface area (Å²) in [6.07, 6.45) is 0.807. The maximum atomic E-state index is 13.4. The van der Waals surface area contributed by atoms with Gasteiger partial charge in [0, 0.05) is 27.7 Å². The molecule has 2 aromatic carbocycles. The van der Waals surface area contributed by atoms with E-state index in [4.69, 9.17) is 34.8 Å². The molecule has 0 saturated carbocycles. The second kappa shape index (κ2) is 8.11. The van der Waals surface area contributed by atoms with Crippen molar-refractivity contribution in [2.24, 2.45) is 0 Å². The summed E-state index contributed by atoms with van der Waals surface area (Å²) < 4.78 is 0.970. The van der Waals surface area contributed by atoms with Gasteiger partial charge in [0.2, 0.25) is 0 Å². The minimum atomic E-state index is -0.0942. The molecule has 2 aromatic heterocycles. The van der Waals surface area contributed by atoms with E-state index in [1.165, 1.54) is 11.3 Å². The van der Waals surface area contributed by atoms with E-state index >= 15 is 0 Å². The van der Waals surface area contributed by atoms with Crippen LogP contribution in [0.25, 0.3) is 21.0 Å². The molecule has 0 saturated heterocycles. The Hall–Kier alpha value is -1.85. The second-order valence-corrected chi connectivity index (χ2v) is 9.06. The van der Waals surface area contributed by atoms with Gasteiger partial charge in [0.05, 0.1) is 20.4 Å². The Labute approximate surface area is 187 Å². The zero-order valence-electron chi connectivity index (χ0n) is 15.8. The molecule has 0 bridgehead atoms. The predicted molar refractivity (Wildman–Crippen MR) is 125 cm³/mol. The van der Waals surface area contributed by atoms with Crippen LogP contribution in [0.4, 0.5) is 5.69 Å². The lowest BCUT2D eigenvalue weighted by molar-refractivity contribution is 0.0991. The zero-order valence-corrected chi connectivity index (χ0v) is 18.9. The Balaban J connectivity index is 1.84. The topological polar surface area (TPSA) is 33.2 Å². The van der Waals surface area contributed by atoms with Gasteiger partial charge < -0.3 is 4.90 Å². The van der Waals surface area contributed by atoms with Crippen molar-refractivity contribution in [2.45, 2.75) is 20.3 Å². The Morgan fingerprint density at radius 2 is 1.83 bits per heavy atom. The summed E-state index contributed by atoms with van der Waals surface area (Å²) in [6, 6.07) is 13.1. The van der Waals surface area contributed by atoms with E-state index in [0.717, 1.165) is 33.0 Å². The van der Waals surface area contributed by atoms with E-state index in [1.807, 2.05) is 38.1 Å². The zero-order chi connectivity index (χ0) is 20.7. The first-order valence-electron chi connectivity index (χ1n) is 9.15. The highest BCUT2D eigenvalue weighted by molar-refractivity contribution is 7.22. The van der Waals surface area contributed by atoms with Crippen molar-refractivity contribution in [3.63, 3.8) is 0 Å². The van der Waals surface area contributed by atoms with Crippen LogP contribution in [-0.2, 0) is 0 Å². The highest BCUT2D eigenvalue weighted by Crippen LogP contribution is 2.37. The maximum Gasteiger partial charge on any atom is 0.268 e. The molecule has 0 radical (unpaired) electrons. The van der Waals surface area contributed by atoms with Crippen LogP contribution in [0.5, 0.6) is 0 Å². The van der Waals surface area contributed by atoms with Crippen LogP contribution in [0.3, 0.4) is 0 Å². The third-order valence-corrected chi connectivity index (χ3v) is 6.87. The number of thiophene rings is 1. The Kier molecular flexibility index (Phi) is 5.71. The minimum absolute atomic E-state index is 0.0942. The quantitative estimate of drug-likeness (QED) is 0.289. The first-order chi connectivity index (χ1) is 13.9. The molecule has 4 aromatic rings. The van der Waals surface area contributed by atoms with Gasteiger partial charge >= 0.3 is 0 Å². The number of aryl methyl sites for hydroxylation is 1. The molecule has 0 spiro atoms. The lowest BCUT2D eigenvalue weighted by atomic mass is 10.1. The van der Waals surface area contributed by atoms with Crippen LogP contribution in [0.2, 0.25) is 15.2 Å². The smallest absolute Gasteiger partial charge is 0.268 e. The van der Waals surface area contributed by atoms with Crippen molar-refractivity contribution in [1.29, 1.82) is 0 Å². The number of fused-ring (bicyclic) bond motifs is 3. The molecule has 0 unspecified atom stereocenters. The van der Waals surface area contributed by atoms with Crippen molar-refractivity contribution in [3.05, 3.63) is 68.1 Å². The first kappa shape index (κ1) is 20.4. The summed E-state index contributed by atoms with van der Waals surface area (Å²) in [4.78, 5) is 20.2. The van der Waals surface area contributed by atoms with E-state index in [0.29, 0.717) is 32.3 Å². The number of rotatable bonds is 4. The third-order valence-electron chi connectivity index (χ3n) is 4.69. The van der Waals surface area contributed by atoms with Gasteiger partial charge in [-0.15, -0.1) is 11.3 Å². The SMILES string of the molecule is CCCN(C(=O)c1cc2c(Cl)nc3ccc(C)cc3c2s1)c1ccc(Cl)c(Cl)c1. The number of pyridine rings is 1. The van der Waals surface area contributed by atoms with Crippen molar-refractivity contribution >= 4 is 78.7 Å². The monoisotopic (exact) mass is 462 g/mol. The number of anilines is 1. The highest BCUT2D eigenvalue weighted by Gasteiger charge is 2.22. The third kappa shape index (κ3) is 3.82. The number of benzene rings is 2. The Morgan fingerprint density at radius 1 is 1.03 bits per heavy atom. The van der Waals surface area contributed by atoms with E-state index in [9.17, 15) is 4.79 Å². The average Bonchev–Trinajstić information content (AvgIpc) is 3.15. The van der Waals surface area contributed by atoms with Gasteiger partial charge in [-0.2, -0.15) is 0 Å². The van der Waals surface area contributed by atoms with Crippen LogP contribution in [0, 0.1) is 6.92 Å². The summed E-state index contributed by atoms with van der Waals surface area (Å²) in [6.45, 7) is 4.63. The molecule has 4 rings (SSSR count). The second-order valence-electron chi connectivity index (χ2n) is 6.83. The molecular formula is C22H17Cl3N2OS. The first-order valence-corrected chi connectivity index (χ1v) is 11.1. The van der Waals surface area contributed by atoms with Gasteiger partial charge in [-0.05, 0) is 49.7 Å². The minimum Gasteiger partial charge on any atom is -0.308 e. The van der Waals surface area contributed by atoms with Crippen LogP contribution in [-0.4, -0.2) is 17.4 Å². The number of carbonyl (C=O) groups excluding carboxylic acids is 1. The average molecular weight is 464 g/mol. The van der Waals surface area contributed by atoms with Crippen molar-refractivity contribution in [1.82, 2.24) is 4.98 Å². The summed E-state index contributed by atoms with van der Waals surface area (Å²) in [5, 5.41) is 3.08. The van der Waals surface area contributed by atoms with Crippen LogP contribution in [0.15, 0.2) is 42.5 Å². The molecule has 0 fully saturated rings. The number of hydrogen-bond donors (Lipinski definition) is 0. The van der Waals surface area contributed by atoms with Crippen molar-refractivity contribution in [3.8, 4) is 0 Å². The van der Waals surface area contributed by atoms with Crippen molar-refractivity contribution in [2.75, 3.05) is 11.4 Å². The molecule has 0 aliphatic heterocycles. The molecule has 2 heterocycles. The van der Waals surface area contributed by atoms with E-state index < -0.39 is 0 Å². The van der Waals surface area contributed by atoms with E-state index in [2.05, 4.69) is 11.1 Å². The Morgan fingerprint density at radius 3 is 2.55 bits per heavy atom. The van der Waals surface area contributed by atoms with Gasteiger partial charge in [0.1, 0.15) is 5.15 Å². The molecular weight excluding hydrogens is 447 g/mol. The summed E-state index contributed by atoms with van der Waals surface area (Å²) in [7, 11) is 0. The number of halogens is 3. The molecule has 0 aliphatic carbocycles. The Bertz CT molecular complexity index is 1250. The molecule has 29 heavy (non-hydrogen) atoms. The highest BCUT2D eigenvalue weighted by atomic mass is 35.5. The normalized spacial score (nSPS) is 11.3. The predicted octanol–water partition coefficient (Wildman–Crippen LogP) is 7.77. The molecule has 148 valence electrons. The molecule has 0 N–H and O–H groups in total. The van der Waals surface area contributed by atoms with Gasteiger partial charge in [-0.25, -0.2) is 4.98 Å². The maximum absolute atomic E-state index is 13.4. The van der Waals surface area contributed by atoms with Gasteiger partial charge in [0.25, 0.3) is 5.91 Å². The summed E-state index contributed by atoms with van der Waals surface area (Å²) in [5.41, 5.74) is 2.67. The molecule has 7 heteroatoms. The lowest BCUT2D eigenvalue weighted by Gasteiger charge is -2.22. The fraction of sp³-hybridized carbons (Fsp3) is 0.182. The van der Waals surface area contributed by atoms with Crippen LogP contribution in [0.1, 0.15) is 28.6 Å². The largest absolute Gasteiger partial charge is 0.308 e. The standard InChI is InChI=1S/C22H17Cl3N2OS/c1-3-8-27(13-5-6-16(23)17(24)10-13)22(28)19-11-15-20(29-19)14-9-12(2)4-7-18(14)26-21(15)25/h4-7,9-11H,3,8H2,1-2H3. The summed E-state index contributed by atoms with van der Waals surface area (Å²) in [5.74, 6) is -0.0942. The summed E-state index contributed by atoms with van der Waals surface area (Å²) >= 11 is 20.1.